The van der Waals surface area contributed by atoms with Crippen molar-refractivity contribution in [2.75, 3.05) is 6.54 Å². The van der Waals surface area contributed by atoms with Gasteiger partial charge in [-0.2, -0.15) is 13.2 Å². The number of carbonyl (C=O) groups excluding carboxylic acids is 1. The molecule has 0 aliphatic carbocycles. The molecule has 0 unspecified atom stereocenters. The maximum Gasteiger partial charge on any atom is 0.416 e. The number of ketones is 1. The van der Waals surface area contributed by atoms with E-state index in [4.69, 9.17) is 5.73 Å². The molecule has 0 bridgehead atoms. The van der Waals surface area contributed by atoms with Crippen LogP contribution in [0.25, 0.3) is 22.2 Å². The van der Waals surface area contributed by atoms with Gasteiger partial charge in [-0.3, -0.25) is 4.79 Å². The Hall–Kier alpha value is -3.14. The van der Waals surface area contributed by atoms with E-state index < -0.39 is 29.9 Å². The summed E-state index contributed by atoms with van der Waals surface area (Å²) in [4.78, 5) is 11.6. The number of Topliss-reactive ketones (excluding diaryl/α,β-unsaturated/α-hetero) is 1. The first-order chi connectivity index (χ1) is 13.6. The van der Waals surface area contributed by atoms with Crippen molar-refractivity contribution in [3.63, 3.8) is 0 Å². The Kier molecular flexibility index (Phi) is 5.47. The third-order valence-electron chi connectivity index (χ3n) is 4.25. The number of halogens is 5. The van der Waals surface area contributed by atoms with Crippen LogP contribution in [0, 0.1) is 5.82 Å². The van der Waals surface area contributed by atoms with E-state index in [0.717, 1.165) is 35.0 Å². The molecule has 152 valence electrons. The number of aromatic nitrogens is 3. The van der Waals surface area contributed by atoms with Crippen LogP contribution >= 0.6 is 0 Å². The summed E-state index contributed by atoms with van der Waals surface area (Å²) >= 11 is 0. The molecule has 0 radical (unpaired) electrons. The highest BCUT2D eigenvalue weighted by atomic mass is 19.4. The van der Waals surface area contributed by atoms with Gasteiger partial charge in [-0.15, -0.1) is 5.10 Å². The Morgan fingerprint density at radius 1 is 1.21 bits per heavy atom. The van der Waals surface area contributed by atoms with Crippen molar-refractivity contribution >= 4 is 16.8 Å². The van der Waals surface area contributed by atoms with E-state index in [-0.39, 0.29) is 40.1 Å². The normalized spacial score (nSPS) is 12.6. The zero-order valence-corrected chi connectivity index (χ0v) is 15.1. The molecule has 2 aromatic carbocycles. The molecule has 3 aromatic rings. The van der Waals surface area contributed by atoms with Gasteiger partial charge >= 0.3 is 6.18 Å². The standard InChI is InChI=1S/C19H15F5N4O/c1-10(29)11-2-3-16(21)14(6-11)15-7-12(19(22,23)24)8-17-18(15)26-27-28(17)9-13(20)4-5-25/h2-4,6-8H,5,9,25H2,1H3/b13-4-. The number of benzene rings is 2. The topological polar surface area (TPSA) is 73.8 Å². The summed E-state index contributed by atoms with van der Waals surface area (Å²) in [5.41, 5.74) is 3.63. The number of fused-ring (bicyclic) bond motifs is 1. The van der Waals surface area contributed by atoms with Gasteiger partial charge in [0, 0.05) is 23.2 Å². The molecular weight excluding hydrogens is 395 g/mol. The van der Waals surface area contributed by atoms with Gasteiger partial charge in [-0.1, -0.05) is 5.21 Å². The molecule has 1 heterocycles. The third-order valence-corrected chi connectivity index (χ3v) is 4.25. The molecule has 0 fully saturated rings. The molecule has 2 N–H and O–H groups in total. The molecule has 29 heavy (non-hydrogen) atoms. The molecule has 1 aromatic heterocycles. The second kappa shape index (κ2) is 7.70. The van der Waals surface area contributed by atoms with Crippen molar-refractivity contribution in [3.05, 3.63) is 59.2 Å². The smallest absolute Gasteiger partial charge is 0.327 e. The summed E-state index contributed by atoms with van der Waals surface area (Å²) in [7, 11) is 0. The Labute approximate surface area is 161 Å². The first kappa shape index (κ1) is 20.6. The Morgan fingerprint density at radius 2 is 1.93 bits per heavy atom. The molecular formula is C19H15F5N4O. The maximum absolute atomic E-state index is 14.5. The van der Waals surface area contributed by atoms with Gasteiger partial charge in [0.05, 0.1) is 17.6 Å². The summed E-state index contributed by atoms with van der Waals surface area (Å²) in [6.45, 7) is 0.673. The quantitative estimate of drug-likeness (QED) is 0.504. The molecule has 0 amide bonds. The lowest BCUT2D eigenvalue weighted by molar-refractivity contribution is -0.137. The number of alkyl halides is 3. The van der Waals surface area contributed by atoms with Crippen LogP contribution in [-0.2, 0) is 12.7 Å². The Bertz CT molecular complexity index is 1120. The van der Waals surface area contributed by atoms with E-state index in [1.54, 1.807) is 0 Å². The van der Waals surface area contributed by atoms with Crippen molar-refractivity contribution in [2.24, 2.45) is 5.73 Å². The van der Waals surface area contributed by atoms with Crippen molar-refractivity contribution in [3.8, 4) is 11.1 Å². The predicted molar refractivity (Wildman–Crippen MR) is 96.2 cm³/mol. The number of hydrogen-bond donors (Lipinski definition) is 1. The zero-order chi connectivity index (χ0) is 21.3. The first-order valence-corrected chi connectivity index (χ1v) is 8.41. The van der Waals surface area contributed by atoms with Crippen molar-refractivity contribution in [2.45, 2.75) is 19.6 Å². The van der Waals surface area contributed by atoms with E-state index in [1.165, 1.54) is 13.0 Å². The van der Waals surface area contributed by atoms with E-state index >= 15 is 0 Å². The van der Waals surface area contributed by atoms with Gasteiger partial charge in [-0.05, 0) is 43.3 Å². The SMILES string of the molecule is CC(=O)c1ccc(F)c(-c2cc(C(F)(F)F)cc3c2nnn3C/C(F)=C/CN)c1. The van der Waals surface area contributed by atoms with Crippen molar-refractivity contribution < 1.29 is 26.7 Å². The molecule has 0 saturated carbocycles. The second-order valence-electron chi connectivity index (χ2n) is 6.27. The number of nitrogens with two attached hydrogens (primary N) is 1. The van der Waals surface area contributed by atoms with Gasteiger partial charge < -0.3 is 5.73 Å². The van der Waals surface area contributed by atoms with Crippen LogP contribution in [0.1, 0.15) is 22.8 Å². The minimum absolute atomic E-state index is 0.0573. The second-order valence-corrected chi connectivity index (χ2v) is 6.27. The predicted octanol–water partition coefficient (Wildman–Crippen LogP) is 4.27. The van der Waals surface area contributed by atoms with Gasteiger partial charge in [0.2, 0.25) is 0 Å². The molecule has 0 atom stereocenters. The average Bonchev–Trinajstić information content (AvgIpc) is 3.03. The average molecular weight is 410 g/mol. The fraction of sp³-hybridized carbons (Fsp3) is 0.211. The highest BCUT2D eigenvalue weighted by Crippen LogP contribution is 2.37. The fourth-order valence-electron chi connectivity index (χ4n) is 2.84. The minimum Gasteiger partial charge on any atom is -0.327 e. The van der Waals surface area contributed by atoms with Crippen LogP contribution in [0.4, 0.5) is 22.0 Å². The highest BCUT2D eigenvalue weighted by Gasteiger charge is 2.33. The minimum atomic E-state index is -4.75. The molecule has 0 saturated heterocycles. The maximum atomic E-state index is 14.5. The van der Waals surface area contributed by atoms with Crippen LogP contribution in [0.3, 0.4) is 0 Å². The zero-order valence-electron chi connectivity index (χ0n) is 15.1. The van der Waals surface area contributed by atoms with E-state index in [9.17, 15) is 26.7 Å². The first-order valence-electron chi connectivity index (χ1n) is 8.41. The van der Waals surface area contributed by atoms with Crippen LogP contribution in [-0.4, -0.2) is 27.3 Å². The van der Waals surface area contributed by atoms with Crippen LogP contribution < -0.4 is 5.73 Å². The van der Waals surface area contributed by atoms with Gasteiger partial charge in [-0.25, -0.2) is 13.5 Å². The van der Waals surface area contributed by atoms with Gasteiger partial charge in [0.15, 0.2) is 5.78 Å². The number of hydrogen-bond acceptors (Lipinski definition) is 4. The molecule has 10 heteroatoms. The molecule has 0 aliphatic rings. The number of nitrogens with zero attached hydrogens (tertiary/aromatic N) is 3. The molecule has 5 nitrogen and oxygen atoms in total. The lowest BCUT2D eigenvalue weighted by atomic mass is 9.97. The largest absolute Gasteiger partial charge is 0.416 e. The fourth-order valence-corrected chi connectivity index (χ4v) is 2.84. The third kappa shape index (κ3) is 4.16. The lowest BCUT2D eigenvalue weighted by Crippen LogP contribution is -2.07. The summed E-state index contributed by atoms with van der Waals surface area (Å²) in [5.74, 6) is -1.92. The number of rotatable bonds is 5. The molecule has 3 rings (SSSR count). The van der Waals surface area contributed by atoms with E-state index in [0.29, 0.717) is 0 Å². The van der Waals surface area contributed by atoms with Gasteiger partial charge in [0.25, 0.3) is 0 Å². The monoisotopic (exact) mass is 410 g/mol. The van der Waals surface area contributed by atoms with Crippen LogP contribution in [0.15, 0.2) is 42.2 Å². The van der Waals surface area contributed by atoms with Crippen molar-refractivity contribution in [1.29, 1.82) is 0 Å². The number of allylic oxidation sites excluding steroid dienone is 1. The summed E-state index contributed by atoms with van der Waals surface area (Å²) in [6.07, 6.45) is -3.70. The summed E-state index contributed by atoms with van der Waals surface area (Å²) < 4.78 is 69.5. The number of carbonyl (C=O) groups is 1. The summed E-state index contributed by atoms with van der Waals surface area (Å²) in [6, 6.07) is 4.87. The van der Waals surface area contributed by atoms with Crippen LogP contribution in [0.5, 0.6) is 0 Å². The van der Waals surface area contributed by atoms with Gasteiger partial charge in [0.1, 0.15) is 17.2 Å². The Morgan fingerprint density at radius 3 is 2.55 bits per heavy atom. The molecule has 0 spiro atoms. The lowest BCUT2D eigenvalue weighted by Gasteiger charge is -2.12. The Balaban J connectivity index is 2.30. The molecule has 0 aliphatic heterocycles. The highest BCUT2D eigenvalue weighted by molar-refractivity contribution is 5.98. The van der Waals surface area contributed by atoms with E-state index in [1.807, 2.05) is 0 Å². The van der Waals surface area contributed by atoms with Crippen molar-refractivity contribution in [1.82, 2.24) is 15.0 Å². The van der Waals surface area contributed by atoms with E-state index in [2.05, 4.69) is 10.3 Å². The summed E-state index contributed by atoms with van der Waals surface area (Å²) in [5, 5.41) is 7.52. The van der Waals surface area contributed by atoms with Crippen LogP contribution in [0.2, 0.25) is 0 Å².